The molecular formula is C12H13BrN2. The largest absolute Gasteiger partial charge is 0.306 e. The van der Waals surface area contributed by atoms with E-state index >= 15 is 0 Å². The summed E-state index contributed by atoms with van der Waals surface area (Å²) in [5.74, 6) is 0. The molecule has 0 saturated carbocycles. The van der Waals surface area contributed by atoms with Gasteiger partial charge in [-0.3, -0.25) is 0 Å². The third kappa shape index (κ3) is 2.29. The molecule has 0 fully saturated rings. The predicted octanol–water partition coefficient (Wildman–Crippen LogP) is 3.38. The number of nitrogens with zero attached hydrogens (tertiary/aromatic N) is 2. The molecule has 2 nitrogen and oxygen atoms in total. The zero-order valence-corrected chi connectivity index (χ0v) is 10.5. The number of aryl methyl sites for hydroxylation is 2. The number of aromatic nitrogens is 2. The maximum absolute atomic E-state index is 4.29. The SMILES string of the molecule is Cc1cc(C)cc(-n2cnc(CBr)c2)c1. The predicted molar refractivity (Wildman–Crippen MR) is 65.7 cm³/mol. The molecule has 78 valence electrons. The van der Waals surface area contributed by atoms with Gasteiger partial charge in [-0.25, -0.2) is 4.98 Å². The van der Waals surface area contributed by atoms with E-state index < -0.39 is 0 Å². The zero-order chi connectivity index (χ0) is 10.8. The van der Waals surface area contributed by atoms with E-state index in [4.69, 9.17) is 0 Å². The van der Waals surface area contributed by atoms with Crippen LogP contribution in [0, 0.1) is 13.8 Å². The lowest BCUT2D eigenvalue weighted by molar-refractivity contribution is 1.05. The van der Waals surface area contributed by atoms with Crippen molar-refractivity contribution in [3.63, 3.8) is 0 Å². The van der Waals surface area contributed by atoms with Crippen molar-refractivity contribution in [3.8, 4) is 5.69 Å². The number of imidazole rings is 1. The van der Waals surface area contributed by atoms with E-state index in [1.54, 1.807) is 0 Å². The molecule has 0 unspecified atom stereocenters. The summed E-state index contributed by atoms with van der Waals surface area (Å²) in [7, 11) is 0. The fourth-order valence-electron chi connectivity index (χ4n) is 1.67. The van der Waals surface area contributed by atoms with E-state index in [-0.39, 0.29) is 0 Å². The first kappa shape index (κ1) is 10.4. The Hall–Kier alpha value is -1.09. The van der Waals surface area contributed by atoms with Crippen LogP contribution >= 0.6 is 15.9 Å². The molecule has 15 heavy (non-hydrogen) atoms. The molecule has 0 amide bonds. The summed E-state index contributed by atoms with van der Waals surface area (Å²) in [5, 5.41) is 0.796. The highest BCUT2D eigenvalue weighted by Crippen LogP contribution is 2.14. The van der Waals surface area contributed by atoms with Crippen molar-refractivity contribution < 1.29 is 0 Å². The first-order valence-corrected chi connectivity index (χ1v) is 5.98. The minimum atomic E-state index is 0.796. The van der Waals surface area contributed by atoms with Crippen LogP contribution in [0.25, 0.3) is 5.69 Å². The highest BCUT2D eigenvalue weighted by atomic mass is 79.9. The van der Waals surface area contributed by atoms with Crippen molar-refractivity contribution in [2.75, 3.05) is 0 Å². The van der Waals surface area contributed by atoms with Gasteiger partial charge in [-0.05, 0) is 37.1 Å². The standard InChI is InChI=1S/C12H13BrN2/c1-9-3-10(2)5-12(4-9)15-7-11(6-13)14-8-15/h3-5,7-8H,6H2,1-2H3. The van der Waals surface area contributed by atoms with Gasteiger partial charge in [0.25, 0.3) is 0 Å². The highest BCUT2D eigenvalue weighted by Gasteiger charge is 2.00. The van der Waals surface area contributed by atoms with Gasteiger partial charge in [-0.15, -0.1) is 0 Å². The molecule has 3 heteroatoms. The minimum Gasteiger partial charge on any atom is -0.306 e. The average molecular weight is 265 g/mol. The summed E-state index contributed by atoms with van der Waals surface area (Å²) in [6, 6.07) is 6.49. The van der Waals surface area contributed by atoms with E-state index in [1.165, 1.54) is 16.8 Å². The first-order valence-electron chi connectivity index (χ1n) is 4.86. The van der Waals surface area contributed by atoms with E-state index in [0.29, 0.717) is 0 Å². The Bertz CT molecular complexity index is 454. The Morgan fingerprint density at radius 3 is 2.40 bits per heavy atom. The van der Waals surface area contributed by atoms with Gasteiger partial charge in [0, 0.05) is 17.2 Å². The lowest BCUT2D eigenvalue weighted by atomic mass is 10.1. The van der Waals surface area contributed by atoms with Crippen molar-refractivity contribution in [2.24, 2.45) is 0 Å². The van der Waals surface area contributed by atoms with Crippen LogP contribution in [0.15, 0.2) is 30.7 Å². The second-order valence-electron chi connectivity index (χ2n) is 3.75. The Kier molecular flexibility index (Phi) is 2.91. The van der Waals surface area contributed by atoms with Crippen LogP contribution in [0.2, 0.25) is 0 Å². The summed E-state index contributed by atoms with van der Waals surface area (Å²) in [6.07, 6.45) is 3.90. The van der Waals surface area contributed by atoms with Crippen LogP contribution in [-0.2, 0) is 5.33 Å². The van der Waals surface area contributed by atoms with Crippen molar-refractivity contribution in [3.05, 3.63) is 47.5 Å². The van der Waals surface area contributed by atoms with Gasteiger partial charge in [-0.1, -0.05) is 22.0 Å². The summed E-state index contributed by atoms with van der Waals surface area (Å²) in [4.78, 5) is 4.29. The van der Waals surface area contributed by atoms with Crippen molar-refractivity contribution in [1.82, 2.24) is 9.55 Å². The fraction of sp³-hybridized carbons (Fsp3) is 0.250. The van der Waals surface area contributed by atoms with Crippen LogP contribution in [0.5, 0.6) is 0 Å². The second kappa shape index (κ2) is 4.19. The highest BCUT2D eigenvalue weighted by molar-refractivity contribution is 9.08. The molecule has 0 aliphatic rings. The minimum absolute atomic E-state index is 0.796. The number of halogens is 1. The number of hydrogen-bond donors (Lipinski definition) is 0. The van der Waals surface area contributed by atoms with Gasteiger partial charge < -0.3 is 4.57 Å². The Morgan fingerprint density at radius 2 is 1.87 bits per heavy atom. The van der Waals surface area contributed by atoms with Gasteiger partial charge in [0.05, 0.1) is 12.0 Å². The quantitative estimate of drug-likeness (QED) is 0.761. The molecule has 0 aliphatic heterocycles. The lowest BCUT2D eigenvalue weighted by Gasteiger charge is -2.04. The molecule has 0 radical (unpaired) electrons. The average Bonchev–Trinajstić information content (AvgIpc) is 2.64. The molecule has 2 aromatic rings. The van der Waals surface area contributed by atoms with E-state index in [2.05, 4.69) is 57.5 Å². The van der Waals surface area contributed by atoms with Crippen molar-refractivity contribution in [1.29, 1.82) is 0 Å². The fourth-order valence-corrected chi connectivity index (χ4v) is 1.96. The number of benzene rings is 1. The third-order valence-corrected chi connectivity index (χ3v) is 2.85. The van der Waals surface area contributed by atoms with Gasteiger partial charge in [-0.2, -0.15) is 0 Å². The molecule has 1 aromatic carbocycles. The molecular weight excluding hydrogens is 252 g/mol. The molecule has 1 aromatic heterocycles. The number of alkyl halides is 1. The van der Waals surface area contributed by atoms with Gasteiger partial charge in [0.2, 0.25) is 0 Å². The smallest absolute Gasteiger partial charge is 0.0995 e. The number of hydrogen-bond acceptors (Lipinski definition) is 1. The third-order valence-electron chi connectivity index (χ3n) is 2.28. The lowest BCUT2D eigenvalue weighted by Crippen LogP contribution is -1.91. The van der Waals surface area contributed by atoms with Gasteiger partial charge >= 0.3 is 0 Å². The van der Waals surface area contributed by atoms with Crippen LogP contribution in [0.4, 0.5) is 0 Å². The molecule has 0 bridgehead atoms. The Labute approximate surface area is 98.1 Å². The van der Waals surface area contributed by atoms with Gasteiger partial charge in [0.1, 0.15) is 0 Å². The van der Waals surface area contributed by atoms with E-state index in [9.17, 15) is 0 Å². The summed E-state index contributed by atoms with van der Waals surface area (Å²) < 4.78 is 2.05. The molecule has 0 aliphatic carbocycles. The summed E-state index contributed by atoms with van der Waals surface area (Å²) >= 11 is 3.40. The summed E-state index contributed by atoms with van der Waals surface area (Å²) in [5.41, 5.74) is 4.78. The van der Waals surface area contributed by atoms with E-state index in [1.807, 2.05) is 12.5 Å². The van der Waals surface area contributed by atoms with Crippen LogP contribution in [0.1, 0.15) is 16.8 Å². The first-order chi connectivity index (χ1) is 7.19. The zero-order valence-electron chi connectivity index (χ0n) is 8.87. The molecule has 0 N–H and O–H groups in total. The maximum atomic E-state index is 4.29. The Morgan fingerprint density at radius 1 is 1.20 bits per heavy atom. The summed E-state index contributed by atoms with van der Waals surface area (Å²) in [6.45, 7) is 4.22. The molecule has 2 rings (SSSR count). The number of rotatable bonds is 2. The van der Waals surface area contributed by atoms with Crippen molar-refractivity contribution in [2.45, 2.75) is 19.2 Å². The van der Waals surface area contributed by atoms with Crippen LogP contribution in [-0.4, -0.2) is 9.55 Å². The topological polar surface area (TPSA) is 17.8 Å². The molecule has 1 heterocycles. The second-order valence-corrected chi connectivity index (χ2v) is 4.31. The van der Waals surface area contributed by atoms with Crippen molar-refractivity contribution >= 4 is 15.9 Å². The monoisotopic (exact) mass is 264 g/mol. The molecule has 0 spiro atoms. The molecule has 0 atom stereocenters. The van der Waals surface area contributed by atoms with E-state index in [0.717, 1.165) is 11.0 Å². The maximum Gasteiger partial charge on any atom is 0.0995 e. The Balaban J connectivity index is 2.44. The molecule has 0 saturated heterocycles. The normalized spacial score (nSPS) is 10.6. The van der Waals surface area contributed by atoms with Gasteiger partial charge in [0.15, 0.2) is 0 Å². The van der Waals surface area contributed by atoms with Crippen LogP contribution < -0.4 is 0 Å². The van der Waals surface area contributed by atoms with Crippen LogP contribution in [0.3, 0.4) is 0 Å².